The van der Waals surface area contributed by atoms with Gasteiger partial charge >= 0.3 is 0 Å². The van der Waals surface area contributed by atoms with E-state index in [1.165, 1.54) is 38.5 Å². The molecule has 0 nitrogen and oxygen atoms in total. The van der Waals surface area contributed by atoms with E-state index in [2.05, 4.69) is 54.5 Å². The van der Waals surface area contributed by atoms with Crippen molar-refractivity contribution >= 4 is 0 Å². The molecule has 114 valence electrons. The Morgan fingerprint density at radius 2 is 1.53 bits per heavy atom. The van der Waals surface area contributed by atoms with Crippen LogP contribution >= 0.6 is 0 Å². The molecule has 0 heterocycles. The highest BCUT2D eigenvalue weighted by Crippen LogP contribution is 2.25. The van der Waals surface area contributed by atoms with Gasteiger partial charge < -0.3 is 0 Å². The summed E-state index contributed by atoms with van der Waals surface area (Å²) in [6.45, 7) is 16.5. The molecule has 0 aliphatic carbocycles. The van der Waals surface area contributed by atoms with Gasteiger partial charge in [-0.05, 0) is 49.4 Å². The number of hydrogen-bond acceptors (Lipinski definition) is 0. The van der Waals surface area contributed by atoms with Crippen LogP contribution in [0.3, 0.4) is 0 Å². The molecule has 19 heavy (non-hydrogen) atoms. The zero-order valence-corrected chi connectivity index (χ0v) is 14.6. The fraction of sp³-hybridized carbons (Fsp3) is 0.895. The average Bonchev–Trinajstić information content (AvgIpc) is 2.26. The van der Waals surface area contributed by atoms with Crippen LogP contribution in [0.1, 0.15) is 87.0 Å². The summed E-state index contributed by atoms with van der Waals surface area (Å²) in [5, 5.41) is 0. The Kier molecular flexibility index (Phi) is 10.4. The third-order valence-corrected chi connectivity index (χ3v) is 4.01. The van der Waals surface area contributed by atoms with Crippen LogP contribution in [0, 0.1) is 23.7 Å². The average molecular weight is 267 g/mol. The van der Waals surface area contributed by atoms with Gasteiger partial charge in [0.1, 0.15) is 0 Å². The molecule has 0 aromatic heterocycles. The molecule has 0 heteroatoms. The number of allylic oxidation sites excluding steroid dienone is 2. The molecule has 0 fully saturated rings. The fourth-order valence-electron chi connectivity index (χ4n) is 3.35. The van der Waals surface area contributed by atoms with Crippen molar-refractivity contribution in [1.82, 2.24) is 0 Å². The van der Waals surface area contributed by atoms with Gasteiger partial charge in [-0.1, -0.05) is 73.0 Å². The first kappa shape index (κ1) is 18.7. The second-order valence-electron chi connectivity index (χ2n) is 7.22. The normalized spacial score (nSPS) is 17.6. The standard InChI is InChI=1S/C19H38/c1-8-10-16(5)12-17(6)13-18(7)14-19(9-2)11-15(3)4/h14-18H,8-13H2,1-7H3/b19-14+. The smallest absolute Gasteiger partial charge is 0.0257 e. The molecule has 0 aromatic carbocycles. The quantitative estimate of drug-likeness (QED) is 0.379. The minimum Gasteiger partial charge on any atom is -0.0825 e. The molecule has 3 unspecified atom stereocenters. The minimum atomic E-state index is 0.748. The summed E-state index contributed by atoms with van der Waals surface area (Å²) in [4.78, 5) is 0. The van der Waals surface area contributed by atoms with Crippen LogP contribution in [0.2, 0.25) is 0 Å². The molecule has 0 aliphatic heterocycles. The van der Waals surface area contributed by atoms with E-state index in [1.807, 2.05) is 0 Å². The largest absolute Gasteiger partial charge is 0.0825 e. The third-order valence-electron chi connectivity index (χ3n) is 4.01. The summed E-state index contributed by atoms with van der Waals surface area (Å²) in [7, 11) is 0. The Bertz CT molecular complexity index is 236. The van der Waals surface area contributed by atoms with Crippen molar-refractivity contribution in [3.05, 3.63) is 11.6 Å². The van der Waals surface area contributed by atoms with Crippen molar-refractivity contribution in [1.29, 1.82) is 0 Å². The Morgan fingerprint density at radius 3 is 2.00 bits per heavy atom. The van der Waals surface area contributed by atoms with Crippen LogP contribution in [0.25, 0.3) is 0 Å². The Balaban J connectivity index is 4.19. The lowest BCUT2D eigenvalue weighted by Gasteiger charge is -2.20. The van der Waals surface area contributed by atoms with Crippen molar-refractivity contribution in [3.8, 4) is 0 Å². The molecular formula is C19H38. The molecular weight excluding hydrogens is 228 g/mol. The van der Waals surface area contributed by atoms with E-state index in [-0.39, 0.29) is 0 Å². The second kappa shape index (κ2) is 10.5. The zero-order chi connectivity index (χ0) is 14.8. The van der Waals surface area contributed by atoms with Crippen LogP contribution in [-0.2, 0) is 0 Å². The summed E-state index contributed by atoms with van der Waals surface area (Å²) in [6.07, 6.45) is 10.5. The molecule has 0 bridgehead atoms. The number of hydrogen-bond donors (Lipinski definition) is 0. The fourth-order valence-corrected chi connectivity index (χ4v) is 3.35. The maximum absolute atomic E-state index is 2.56. The summed E-state index contributed by atoms with van der Waals surface area (Å²) >= 11 is 0. The predicted octanol–water partition coefficient (Wildman–Crippen LogP) is 6.86. The van der Waals surface area contributed by atoms with E-state index in [1.54, 1.807) is 5.57 Å². The summed E-state index contributed by atoms with van der Waals surface area (Å²) in [5.74, 6) is 3.31. The Labute approximate surface area is 123 Å². The van der Waals surface area contributed by atoms with Gasteiger partial charge in [0.05, 0.1) is 0 Å². The summed E-state index contributed by atoms with van der Waals surface area (Å²) < 4.78 is 0. The predicted molar refractivity (Wildman–Crippen MR) is 89.5 cm³/mol. The van der Waals surface area contributed by atoms with Gasteiger partial charge in [0.2, 0.25) is 0 Å². The molecule has 0 aromatic rings. The maximum atomic E-state index is 2.56. The van der Waals surface area contributed by atoms with Crippen LogP contribution < -0.4 is 0 Å². The Morgan fingerprint density at radius 1 is 0.895 bits per heavy atom. The van der Waals surface area contributed by atoms with Gasteiger partial charge in [-0.25, -0.2) is 0 Å². The summed E-state index contributed by atoms with van der Waals surface area (Å²) in [5.41, 5.74) is 1.66. The lowest BCUT2D eigenvalue weighted by Crippen LogP contribution is -2.07. The summed E-state index contributed by atoms with van der Waals surface area (Å²) in [6, 6.07) is 0. The molecule has 0 aliphatic rings. The van der Waals surface area contributed by atoms with Gasteiger partial charge in [0, 0.05) is 0 Å². The van der Waals surface area contributed by atoms with Crippen LogP contribution in [0.4, 0.5) is 0 Å². The molecule has 0 rings (SSSR count). The van der Waals surface area contributed by atoms with Crippen molar-refractivity contribution in [3.63, 3.8) is 0 Å². The van der Waals surface area contributed by atoms with Gasteiger partial charge in [0.15, 0.2) is 0 Å². The molecule has 3 atom stereocenters. The Hall–Kier alpha value is -0.260. The van der Waals surface area contributed by atoms with Gasteiger partial charge in [-0.2, -0.15) is 0 Å². The topological polar surface area (TPSA) is 0 Å². The van der Waals surface area contributed by atoms with Gasteiger partial charge in [-0.15, -0.1) is 0 Å². The molecule has 0 amide bonds. The molecule has 0 saturated heterocycles. The SMILES string of the molecule is CCCC(C)CC(C)CC(C)/C=C(\CC)CC(C)C. The number of rotatable bonds is 10. The monoisotopic (exact) mass is 266 g/mol. The highest BCUT2D eigenvalue weighted by molar-refractivity contribution is 5.04. The van der Waals surface area contributed by atoms with Crippen molar-refractivity contribution in [2.45, 2.75) is 87.0 Å². The van der Waals surface area contributed by atoms with Gasteiger partial charge in [0.25, 0.3) is 0 Å². The van der Waals surface area contributed by atoms with Crippen molar-refractivity contribution in [2.24, 2.45) is 23.7 Å². The van der Waals surface area contributed by atoms with E-state index >= 15 is 0 Å². The molecule has 0 saturated carbocycles. The highest BCUT2D eigenvalue weighted by atomic mass is 14.2. The van der Waals surface area contributed by atoms with E-state index in [0.717, 1.165) is 23.7 Å². The minimum absolute atomic E-state index is 0.748. The van der Waals surface area contributed by atoms with Crippen molar-refractivity contribution < 1.29 is 0 Å². The molecule has 0 N–H and O–H groups in total. The van der Waals surface area contributed by atoms with E-state index in [9.17, 15) is 0 Å². The van der Waals surface area contributed by atoms with Crippen molar-refractivity contribution in [2.75, 3.05) is 0 Å². The lowest BCUT2D eigenvalue weighted by molar-refractivity contribution is 0.352. The van der Waals surface area contributed by atoms with Gasteiger partial charge in [-0.3, -0.25) is 0 Å². The van der Waals surface area contributed by atoms with Crippen LogP contribution in [-0.4, -0.2) is 0 Å². The molecule has 0 spiro atoms. The van der Waals surface area contributed by atoms with E-state index in [0.29, 0.717) is 0 Å². The zero-order valence-electron chi connectivity index (χ0n) is 14.6. The third kappa shape index (κ3) is 10.2. The van der Waals surface area contributed by atoms with E-state index in [4.69, 9.17) is 0 Å². The first-order valence-corrected chi connectivity index (χ1v) is 8.58. The maximum Gasteiger partial charge on any atom is -0.0257 e. The second-order valence-corrected chi connectivity index (χ2v) is 7.22. The highest BCUT2D eigenvalue weighted by Gasteiger charge is 2.11. The lowest BCUT2D eigenvalue weighted by atomic mass is 9.86. The van der Waals surface area contributed by atoms with Crippen LogP contribution in [0.5, 0.6) is 0 Å². The first-order valence-electron chi connectivity index (χ1n) is 8.58. The molecule has 0 radical (unpaired) electrons. The first-order chi connectivity index (χ1) is 8.88. The van der Waals surface area contributed by atoms with E-state index < -0.39 is 0 Å². The van der Waals surface area contributed by atoms with Crippen LogP contribution in [0.15, 0.2) is 11.6 Å².